The molecule has 0 radical (unpaired) electrons. The van der Waals surface area contributed by atoms with Crippen LogP contribution in [0.1, 0.15) is 386 Å². The summed E-state index contributed by atoms with van der Waals surface area (Å²) < 4.78 is 22.9. The van der Waals surface area contributed by atoms with Crippen molar-refractivity contribution in [1.29, 1.82) is 0 Å². The number of carbonyl (C=O) groups excluding carboxylic acids is 3. The monoisotopic (exact) mass is 1250 g/mol. The summed E-state index contributed by atoms with van der Waals surface area (Å²) in [5, 5.41) is 11.8. The van der Waals surface area contributed by atoms with Gasteiger partial charge in [-0.05, 0) is 77.0 Å². The lowest BCUT2D eigenvalue weighted by atomic mass is 10.0. The number of hydrogen-bond donors (Lipinski definition) is 0. The van der Waals surface area contributed by atoms with E-state index < -0.39 is 24.3 Å². The molecule has 0 spiro atoms. The summed E-state index contributed by atoms with van der Waals surface area (Å²) in [4.78, 5) is 37.5. The summed E-state index contributed by atoms with van der Waals surface area (Å²) in [6.07, 6.45) is 89.4. The molecule has 0 aliphatic heterocycles. The van der Waals surface area contributed by atoms with Crippen molar-refractivity contribution < 1.29 is 42.9 Å². The Balaban J connectivity index is 3.97. The fourth-order valence-corrected chi connectivity index (χ4v) is 11.6. The zero-order valence-electron chi connectivity index (χ0n) is 59.8. The van der Waals surface area contributed by atoms with Gasteiger partial charge in [0.25, 0.3) is 0 Å². The van der Waals surface area contributed by atoms with E-state index in [1.165, 1.54) is 308 Å². The summed E-state index contributed by atoms with van der Waals surface area (Å²) in [5.74, 6) is -2.26. The van der Waals surface area contributed by atoms with Gasteiger partial charge in [0.2, 0.25) is 0 Å². The average Bonchev–Trinajstić information content (AvgIpc) is 3.64. The third-order valence-corrected chi connectivity index (χ3v) is 17.5. The van der Waals surface area contributed by atoms with Gasteiger partial charge in [0, 0.05) is 12.8 Å². The number of nitrogens with zero attached hydrogens (tertiary/aromatic N) is 1. The number of carboxylic acid groups (broad SMARTS) is 1. The van der Waals surface area contributed by atoms with Gasteiger partial charge in [-0.2, -0.15) is 0 Å². The van der Waals surface area contributed by atoms with E-state index in [4.69, 9.17) is 18.9 Å². The van der Waals surface area contributed by atoms with Crippen LogP contribution in [0, 0.1) is 0 Å². The largest absolute Gasteiger partial charge is 0.545 e. The zero-order chi connectivity index (χ0) is 64.7. The first kappa shape index (κ1) is 86.2. The minimum absolute atomic E-state index is 0.150. The van der Waals surface area contributed by atoms with Crippen LogP contribution in [-0.4, -0.2) is 82.3 Å². The fraction of sp³-hybridized carbons (Fsp3) is 0.863. The van der Waals surface area contributed by atoms with Crippen molar-refractivity contribution in [3.05, 3.63) is 48.6 Å². The van der Waals surface area contributed by atoms with Crippen molar-refractivity contribution in [3.63, 3.8) is 0 Å². The molecule has 0 N–H and O–H groups in total. The lowest BCUT2D eigenvalue weighted by Gasteiger charge is -2.26. The average molecular weight is 1250 g/mol. The number of quaternary nitrogens is 1. The smallest absolute Gasteiger partial charge is 0.306 e. The van der Waals surface area contributed by atoms with E-state index in [9.17, 15) is 19.5 Å². The van der Waals surface area contributed by atoms with E-state index in [2.05, 4.69) is 62.5 Å². The number of allylic oxidation sites excluding steroid dienone is 8. The van der Waals surface area contributed by atoms with Crippen LogP contribution >= 0.6 is 0 Å². The van der Waals surface area contributed by atoms with Crippen molar-refractivity contribution in [2.24, 2.45) is 0 Å². The Labute approximate surface area is 553 Å². The van der Waals surface area contributed by atoms with E-state index in [1.54, 1.807) is 0 Å². The molecule has 0 saturated heterocycles. The van der Waals surface area contributed by atoms with Gasteiger partial charge in [0.1, 0.15) is 13.2 Å². The molecule has 0 fully saturated rings. The molecule has 9 heteroatoms. The molecule has 89 heavy (non-hydrogen) atoms. The SMILES string of the molecule is CCCCCCC/C=C\C/C=C\CCCCCCCCCCCCCCCCCCCCCCCCCCCCCC(=O)OC(COC(=O)CCCCCCCCCCCCCCC/C=C\C/C=C\CCCCCCC)COC(OCC[N+](C)(C)C)C(=O)[O-]. The molecular weight excluding hydrogens is 1100 g/mol. The molecule has 0 bridgehead atoms. The maximum atomic E-state index is 13.0. The number of rotatable bonds is 73. The molecule has 0 aromatic carbocycles. The van der Waals surface area contributed by atoms with Gasteiger partial charge in [0.05, 0.1) is 40.3 Å². The number of ether oxygens (including phenoxy) is 4. The van der Waals surface area contributed by atoms with Gasteiger partial charge in [-0.3, -0.25) is 9.59 Å². The van der Waals surface area contributed by atoms with Crippen LogP contribution in [0.5, 0.6) is 0 Å². The number of hydrogen-bond acceptors (Lipinski definition) is 8. The molecule has 0 rings (SSSR count). The van der Waals surface area contributed by atoms with Crippen molar-refractivity contribution in [2.45, 2.75) is 399 Å². The maximum absolute atomic E-state index is 13.0. The lowest BCUT2D eigenvalue weighted by Crippen LogP contribution is -2.44. The van der Waals surface area contributed by atoms with Crippen LogP contribution < -0.4 is 5.11 Å². The van der Waals surface area contributed by atoms with Crippen molar-refractivity contribution in [3.8, 4) is 0 Å². The van der Waals surface area contributed by atoms with Crippen LogP contribution in [0.25, 0.3) is 0 Å². The minimum Gasteiger partial charge on any atom is -0.545 e. The van der Waals surface area contributed by atoms with Crippen LogP contribution in [0.15, 0.2) is 48.6 Å². The second-order valence-corrected chi connectivity index (χ2v) is 27.6. The maximum Gasteiger partial charge on any atom is 0.306 e. The summed E-state index contributed by atoms with van der Waals surface area (Å²) in [6, 6.07) is 0. The van der Waals surface area contributed by atoms with Gasteiger partial charge in [-0.25, -0.2) is 0 Å². The molecule has 2 atom stereocenters. The molecule has 522 valence electrons. The van der Waals surface area contributed by atoms with E-state index in [0.29, 0.717) is 17.4 Å². The number of aliphatic carboxylic acids is 1. The molecule has 0 aliphatic carbocycles. The Morgan fingerprint density at radius 2 is 0.607 bits per heavy atom. The Bertz CT molecular complexity index is 1600. The molecule has 0 saturated carbocycles. The Morgan fingerprint density at radius 1 is 0.337 bits per heavy atom. The van der Waals surface area contributed by atoms with Crippen LogP contribution in [-0.2, 0) is 33.3 Å². The van der Waals surface area contributed by atoms with Crippen molar-refractivity contribution in [2.75, 3.05) is 47.5 Å². The standard InChI is InChI=1S/C80H149NO8/c1-6-8-10-12-14-16-18-20-22-24-26-28-30-32-33-34-35-36-37-38-39-40-41-42-43-44-45-47-49-51-53-55-57-59-61-63-65-67-69-71-78(83)89-76(75-88-80(79(84)85)86-73-72-81(3,4)5)74-87-77(82)70-68-66-64-62-60-58-56-54-52-50-48-46-31-29-27-25-23-21-19-17-15-13-11-9-7-2/h18-21,24-27,76,80H,6-17,22-23,28-75H2,1-5H3/b20-18-,21-19-,26-24-,27-25-. The van der Waals surface area contributed by atoms with Gasteiger partial charge in [-0.1, -0.05) is 345 Å². The summed E-state index contributed by atoms with van der Waals surface area (Å²) in [7, 11) is 5.95. The van der Waals surface area contributed by atoms with Crippen LogP contribution in [0.4, 0.5) is 0 Å². The van der Waals surface area contributed by atoms with Gasteiger partial charge in [0.15, 0.2) is 12.4 Å². The van der Waals surface area contributed by atoms with Crippen molar-refractivity contribution in [1.82, 2.24) is 0 Å². The van der Waals surface area contributed by atoms with Crippen LogP contribution in [0.3, 0.4) is 0 Å². The first-order valence-electron chi connectivity index (χ1n) is 38.8. The number of esters is 2. The molecule has 0 heterocycles. The van der Waals surface area contributed by atoms with Gasteiger partial charge >= 0.3 is 11.9 Å². The summed E-state index contributed by atoms with van der Waals surface area (Å²) in [6.45, 7) is 4.79. The number of likely N-dealkylation sites (N-methyl/N-ethyl adjacent to an activating group) is 1. The van der Waals surface area contributed by atoms with E-state index >= 15 is 0 Å². The van der Waals surface area contributed by atoms with E-state index in [1.807, 2.05) is 21.1 Å². The number of unbranched alkanes of at least 4 members (excludes halogenated alkanes) is 50. The second-order valence-electron chi connectivity index (χ2n) is 27.6. The number of carbonyl (C=O) groups is 3. The molecular formula is C80H149NO8. The summed E-state index contributed by atoms with van der Waals surface area (Å²) >= 11 is 0. The quantitative estimate of drug-likeness (QED) is 0.0195. The fourth-order valence-electron chi connectivity index (χ4n) is 11.6. The summed E-state index contributed by atoms with van der Waals surface area (Å²) in [5.41, 5.74) is 0. The Morgan fingerprint density at radius 3 is 0.888 bits per heavy atom. The topological polar surface area (TPSA) is 111 Å². The number of carboxylic acids is 1. The second kappa shape index (κ2) is 71.1. The minimum atomic E-state index is -1.62. The normalized spacial score (nSPS) is 12.9. The molecule has 0 aromatic heterocycles. The highest BCUT2D eigenvalue weighted by Gasteiger charge is 2.22. The highest BCUT2D eigenvalue weighted by molar-refractivity contribution is 5.70. The highest BCUT2D eigenvalue weighted by Crippen LogP contribution is 2.19. The zero-order valence-corrected chi connectivity index (χ0v) is 59.8. The van der Waals surface area contributed by atoms with Crippen molar-refractivity contribution >= 4 is 17.9 Å². The predicted octanol–water partition coefficient (Wildman–Crippen LogP) is 23.1. The molecule has 9 nitrogen and oxygen atoms in total. The van der Waals surface area contributed by atoms with Gasteiger partial charge in [-0.15, -0.1) is 0 Å². The third kappa shape index (κ3) is 72.5. The van der Waals surface area contributed by atoms with E-state index in [0.717, 1.165) is 51.4 Å². The highest BCUT2D eigenvalue weighted by atomic mass is 16.7. The third-order valence-electron chi connectivity index (χ3n) is 17.5. The van der Waals surface area contributed by atoms with Crippen LogP contribution in [0.2, 0.25) is 0 Å². The Kier molecular flexibility index (Phi) is 68.9. The molecule has 0 amide bonds. The first-order valence-corrected chi connectivity index (χ1v) is 38.8. The predicted molar refractivity (Wildman–Crippen MR) is 380 cm³/mol. The van der Waals surface area contributed by atoms with E-state index in [-0.39, 0.29) is 32.2 Å². The molecule has 0 aromatic rings. The Hall–Kier alpha value is -2.75. The van der Waals surface area contributed by atoms with Gasteiger partial charge < -0.3 is 33.3 Å². The lowest BCUT2D eigenvalue weighted by molar-refractivity contribution is -0.870. The molecule has 2 unspecified atom stereocenters. The first-order chi connectivity index (χ1) is 43.6. The molecule has 0 aliphatic rings.